The molecule has 2 heterocycles. The van der Waals surface area contributed by atoms with E-state index in [1.165, 1.54) is 25.9 Å². The van der Waals surface area contributed by atoms with E-state index in [1.54, 1.807) is 18.9 Å². The number of thioether (sulfide) groups is 1. The van der Waals surface area contributed by atoms with Gasteiger partial charge in [0.15, 0.2) is 11.0 Å². The average molecular weight is 425 g/mol. The smallest absolute Gasteiger partial charge is 0.195 e. The van der Waals surface area contributed by atoms with Gasteiger partial charge in [-0.25, -0.2) is 0 Å². The van der Waals surface area contributed by atoms with Crippen LogP contribution in [0.3, 0.4) is 0 Å². The molecule has 6 nitrogen and oxygen atoms in total. The molecule has 0 saturated carbocycles. The summed E-state index contributed by atoms with van der Waals surface area (Å²) in [5.74, 6) is 3.43. The van der Waals surface area contributed by atoms with E-state index >= 15 is 0 Å². The minimum Gasteiger partial charge on any atom is -0.497 e. The number of benzene rings is 2. The zero-order chi connectivity index (χ0) is 20.8. The summed E-state index contributed by atoms with van der Waals surface area (Å²) < 4.78 is 13.6. The van der Waals surface area contributed by atoms with Crippen LogP contribution >= 0.6 is 11.8 Å². The van der Waals surface area contributed by atoms with Crippen LogP contribution in [-0.4, -0.2) is 52.2 Å². The van der Waals surface area contributed by atoms with Crippen LogP contribution in [0.4, 0.5) is 0 Å². The number of likely N-dealkylation sites (tertiary alicyclic amines) is 1. The second-order valence-electron chi connectivity index (χ2n) is 7.39. The number of aromatic nitrogens is 3. The Labute approximate surface area is 182 Å². The van der Waals surface area contributed by atoms with Gasteiger partial charge in [0.1, 0.15) is 18.1 Å². The molecule has 1 saturated heterocycles. The van der Waals surface area contributed by atoms with Crippen LogP contribution in [0.15, 0.2) is 53.7 Å². The maximum Gasteiger partial charge on any atom is 0.195 e. The van der Waals surface area contributed by atoms with E-state index in [4.69, 9.17) is 9.47 Å². The highest BCUT2D eigenvalue weighted by molar-refractivity contribution is 7.99. The minimum absolute atomic E-state index is 0.349. The summed E-state index contributed by atoms with van der Waals surface area (Å²) in [5.41, 5.74) is 2.08. The third-order valence-corrected chi connectivity index (χ3v) is 6.21. The maximum atomic E-state index is 6.07. The van der Waals surface area contributed by atoms with Gasteiger partial charge in [-0.15, -0.1) is 10.2 Å². The largest absolute Gasteiger partial charge is 0.497 e. The molecule has 0 radical (unpaired) electrons. The Morgan fingerprint density at radius 1 is 1.03 bits per heavy atom. The molecule has 1 fully saturated rings. The fraction of sp³-hybridized carbons (Fsp3) is 0.391. The van der Waals surface area contributed by atoms with Crippen molar-refractivity contribution in [2.24, 2.45) is 0 Å². The van der Waals surface area contributed by atoms with Crippen LogP contribution in [0.1, 0.15) is 24.2 Å². The molecule has 0 bridgehead atoms. The van der Waals surface area contributed by atoms with Gasteiger partial charge >= 0.3 is 0 Å². The third-order valence-electron chi connectivity index (χ3n) is 5.30. The molecule has 7 heteroatoms. The van der Waals surface area contributed by atoms with Crippen LogP contribution < -0.4 is 9.47 Å². The molecule has 0 unspecified atom stereocenters. The predicted molar refractivity (Wildman–Crippen MR) is 120 cm³/mol. The molecule has 30 heavy (non-hydrogen) atoms. The van der Waals surface area contributed by atoms with Crippen LogP contribution in [0.25, 0.3) is 5.69 Å². The van der Waals surface area contributed by atoms with Gasteiger partial charge in [-0.2, -0.15) is 0 Å². The SMILES string of the molecule is COc1cccc(-n2c(COc3ccccc3C)nnc2SCCN2CCCC2)c1. The zero-order valence-corrected chi connectivity index (χ0v) is 18.4. The number of hydrogen-bond donors (Lipinski definition) is 0. The first kappa shape index (κ1) is 20.8. The molecular weight excluding hydrogens is 396 g/mol. The molecule has 3 aromatic rings. The summed E-state index contributed by atoms with van der Waals surface area (Å²) >= 11 is 1.74. The van der Waals surface area contributed by atoms with E-state index in [0.717, 1.165) is 46.0 Å². The molecule has 0 atom stereocenters. The van der Waals surface area contributed by atoms with Gasteiger partial charge in [-0.1, -0.05) is 36.0 Å². The monoisotopic (exact) mass is 424 g/mol. The van der Waals surface area contributed by atoms with Gasteiger partial charge in [0.05, 0.1) is 12.8 Å². The summed E-state index contributed by atoms with van der Waals surface area (Å²) in [6.07, 6.45) is 2.62. The molecule has 0 spiro atoms. The number of rotatable bonds is 9. The predicted octanol–water partition coefficient (Wildman–Crippen LogP) is 4.35. The lowest BCUT2D eigenvalue weighted by Gasteiger charge is -2.15. The number of methoxy groups -OCH3 is 1. The summed E-state index contributed by atoms with van der Waals surface area (Å²) in [6, 6.07) is 16.0. The molecule has 158 valence electrons. The van der Waals surface area contributed by atoms with E-state index in [1.807, 2.05) is 55.5 Å². The first-order chi connectivity index (χ1) is 14.7. The zero-order valence-electron chi connectivity index (χ0n) is 17.6. The van der Waals surface area contributed by atoms with Gasteiger partial charge in [0, 0.05) is 18.4 Å². The molecule has 1 aromatic heterocycles. The highest BCUT2D eigenvalue weighted by Gasteiger charge is 2.17. The Hall–Kier alpha value is -2.51. The van der Waals surface area contributed by atoms with Crippen molar-refractivity contribution < 1.29 is 9.47 Å². The summed E-state index contributed by atoms with van der Waals surface area (Å²) in [5, 5.41) is 9.82. The standard InChI is InChI=1S/C23H28N4O2S/c1-18-8-3-4-11-21(18)29-17-22-24-25-23(30-15-14-26-12-5-6-13-26)27(22)19-9-7-10-20(16-19)28-2/h3-4,7-11,16H,5-6,12-15,17H2,1-2H3. The number of para-hydroxylation sites is 1. The maximum absolute atomic E-state index is 6.07. The van der Waals surface area contributed by atoms with Gasteiger partial charge in [0.25, 0.3) is 0 Å². The lowest BCUT2D eigenvalue weighted by atomic mass is 10.2. The minimum atomic E-state index is 0.349. The normalized spacial score (nSPS) is 14.2. The molecule has 0 N–H and O–H groups in total. The molecule has 1 aliphatic heterocycles. The van der Waals surface area contributed by atoms with Crippen molar-refractivity contribution in [1.29, 1.82) is 0 Å². The molecule has 1 aliphatic rings. The van der Waals surface area contributed by atoms with Crippen molar-refractivity contribution in [3.05, 3.63) is 59.9 Å². The highest BCUT2D eigenvalue weighted by Crippen LogP contribution is 2.26. The van der Waals surface area contributed by atoms with Crippen molar-refractivity contribution >= 4 is 11.8 Å². The number of hydrogen-bond acceptors (Lipinski definition) is 6. The Bertz CT molecular complexity index is 969. The Kier molecular flexibility index (Phi) is 6.92. The first-order valence-electron chi connectivity index (χ1n) is 10.4. The van der Waals surface area contributed by atoms with Gasteiger partial charge < -0.3 is 14.4 Å². The highest BCUT2D eigenvalue weighted by atomic mass is 32.2. The van der Waals surface area contributed by atoms with Crippen molar-refractivity contribution in [2.75, 3.05) is 32.5 Å². The number of nitrogens with zero attached hydrogens (tertiary/aromatic N) is 4. The van der Waals surface area contributed by atoms with Crippen molar-refractivity contribution in [3.63, 3.8) is 0 Å². The summed E-state index contributed by atoms with van der Waals surface area (Å²) in [7, 11) is 1.68. The molecule has 0 amide bonds. The van der Waals surface area contributed by atoms with E-state index in [0.29, 0.717) is 6.61 Å². The summed E-state index contributed by atoms with van der Waals surface area (Å²) in [6.45, 7) is 5.88. The van der Waals surface area contributed by atoms with Crippen LogP contribution in [0, 0.1) is 6.92 Å². The quantitative estimate of drug-likeness (QED) is 0.476. The second kappa shape index (κ2) is 10.00. The van der Waals surface area contributed by atoms with Crippen molar-refractivity contribution in [1.82, 2.24) is 19.7 Å². The van der Waals surface area contributed by atoms with Crippen molar-refractivity contribution in [3.8, 4) is 17.2 Å². The van der Waals surface area contributed by atoms with E-state index in [2.05, 4.69) is 19.7 Å². The van der Waals surface area contributed by atoms with E-state index in [9.17, 15) is 0 Å². The van der Waals surface area contributed by atoms with Gasteiger partial charge in [-0.3, -0.25) is 4.57 Å². The second-order valence-corrected chi connectivity index (χ2v) is 8.45. The average Bonchev–Trinajstić information content (AvgIpc) is 3.43. The molecule has 4 rings (SSSR count). The van der Waals surface area contributed by atoms with Gasteiger partial charge in [-0.05, 0) is 56.6 Å². The summed E-state index contributed by atoms with van der Waals surface area (Å²) in [4.78, 5) is 2.52. The van der Waals surface area contributed by atoms with Crippen LogP contribution in [0.2, 0.25) is 0 Å². The Morgan fingerprint density at radius 2 is 1.87 bits per heavy atom. The first-order valence-corrected chi connectivity index (χ1v) is 11.4. The van der Waals surface area contributed by atoms with Crippen LogP contribution in [-0.2, 0) is 6.61 Å². The topological polar surface area (TPSA) is 52.4 Å². The van der Waals surface area contributed by atoms with E-state index in [-0.39, 0.29) is 0 Å². The fourth-order valence-corrected chi connectivity index (χ4v) is 4.60. The van der Waals surface area contributed by atoms with Crippen LogP contribution in [0.5, 0.6) is 11.5 Å². The molecular formula is C23H28N4O2S. The fourth-order valence-electron chi connectivity index (χ4n) is 3.63. The van der Waals surface area contributed by atoms with E-state index < -0.39 is 0 Å². The number of ether oxygens (including phenoxy) is 2. The van der Waals surface area contributed by atoms with Gasteiger partial charge in [0.2, 0.25) is 0 Å². The third kappa shape index (κ3) is 4.96. The lowest BCUT2D eigenvalue weighted by Crippen LogP contribution is -2.22. The molecule has 0 aliphatic carbocycles. The molecule has 2 aromatic carbocycles. The Balaban J connectivity index is 1.55. The lowest BCUT2D eigenvalue weighted by molar-refractivity contribution is 0.291. The Morgan fingerprint density at radius 3 is 2.67 bits per heavy atom. The van der Waals surface area contributed by atoms with Crippen molar-refractivity contribution in [2.45, 2.75) is 31.5 Å². The number of aryl methyl sites for hydroxylation is 1.